The van der Waals surface area contributed by atoms with Crippen LogP contribution in [0.4, 0.5) is 5.82 Å². The van der Waals surface area contributed by atoms with Gasteiger partial charge in [-0.15, -0.1) is 0 Å². The molecule has 1 aromatic heterocycles. The van der Waals surface area contributed by atoms with Gasteiger partial charge in [-0.2, -0.15) is 0 Å². The summed E-state index contributed by atoms with van der Waals surface area (Å²) >= 11 is 5.19. The summed E-state index contributed by atoms with van der Waals surface area (Å²) in [5, 5.41) is 0. The third-order valence-corrected chi connectivity index (χ3v) is 4.19. The Morgan fingerprint density at radius 1 is 1.39 bits per heavy atom. The normalized spacial score (nSPS) is 18.3. The fraction of sp³-hybridized carbons (Fsp3) is 0.571. The molecule has 2 aliphatic rings. The molecule has 3 rings (SSSR count). The standard InChI is InChI=1S/C14H19N3S/c1-17(10-6-7-10)14-11(13(15)18)8-9-4-2-3-5-12(9)16-14/h8,10H,2-7H2,1H3,(H2,15,18). The number of nitrogens with two attached hydrogens (primary N) is 1. The van der Waals surface area contributed by atoms with Crippen LogP contribution in [-0.4, -0.2) is 23.1 Å². The number of aromatic nitrogens is 1. The van der Waals surface area contributed by atoms with Crippen LogP contribution in [0.3, 0.4) is 0 Å². The minimum Gasteiger partial charge on any atom is -0.389 e. The molecule has 2 aliphatic carbocycles. The summed E-state index contributed by atoms with van der Waals surface area (Å²) in [7, 11) is 2.11. The van der Waals surface area contributed by atoms with Gasteiger partial charge in [0.1, 0.15) is 10.8 Å². The molecule has 96 valence electrons. The van der Waals surface area contributed by atoms with Crippen molar-refractivity contribution in [2.45, 2.75) is 44.6 Å². The van der Waals surface area contributed by atoms with Crippen molar-refractivity contribution in [1.29, 1.82) is 0 Å². The molecular formula is C14H19N3S. The molecule has 0 spiro atoms. The van der Waals surface area contributed by atoms with E-state index in [4.69, 9.17) is 22.9 Å². The zero-order valence-electron chi connectivity index (χ0n) is 10.8. The van der Waals surface area contributed by atoms with Gasteiger partial charge in [0.2, 0.25) is 0 Å². The smallest absolute Gasteiger partial charge is 0.139 e. The van der Waals surface area contributed by atoms with Gasteiger partial charge in [0, 0.05) is 18.8 Å². The minimum absolute atomic E-state index is 0.471. The summed E-state index contributed by atoms with van der Waals surface area (Å²) in [5.74, 6) is 0.991. The Labute approximate surface area is 113 Å². The average molecular weight is 261 g/mol. The van der Waals surface area contributed by atoms with E-state index in [0.717, 1.165) is 24.2 Å². The fourth-order valence-corrected chi connectivity index (χ4v) is 2.86. The molecule has 0 bridgehead atoms. The SMILES string of the molecule is CN(c1nc2c(cc1C(N)=S)CCCC2)C1CC1. The first-order valence-electron chi connectivity index (χ1n) is 6.72. The summed E-state index contributed by atoms with van der Waals surface area (Å²) in [6.45, 7) is 0. The molecule has 1 heterocycles. The second-order valence-corrected chi connectivity index (χ2v) is 5.82. The van der Waals surface area contributed by atoms with Crippen LogP contribution in [0.25, 0.3) is 0 Å². The summed E-state index contributed by atoms with van der Waals surface area (Å²) < 4.78 is 0. The Morgan fingerprint density at radius 3 is 2.78 bits per heavy atom. The quantitative estimate of drug-likeness (QED) is 0.847. The van der Waals surface area contributed by atoms with Crippen LogP contribution < -0.4 is 10.6 Å². The van der Waals surface area contributed by atoms with Gasteiger partial charge >= 0.3 is 0 Å². The van der Waals surface area contributed by atoms with Crippen LogP contribution in [0.2, 0.25) is 0 Å². The topological polar surface area (TPSA) is 42.2 Å². The first-order chi connectivity index (χ1) is 8.66. The van der Waals surface area contributed by atoms with E-state index >= 15 is 0 Å². The highest BCUT2D eigenvalue weighted by molar-refractivity contribution is 7.80. The monoisotopic (exact) mass is 261 g/mol. The van der Waals surface area contributed by atoms with Crippen LogP contribution in [0.5, 0.6) is 0 Å². The summed E-state index contributed by atoms with van der Waals surface area (Å²) in [4.78, 5) is 7.58. The molecule has 1 aromatic rings. The number of pyridine rings is 1. The highest BCUT2D eigenvalue weighted by atomic mass is 32.1. The van der Waals surface area contributed by atoms with Gasteiger partial charge in [-0.3, -0.25) is 0 Å². The summed E-state index contributed by atoms with van der Waals surface area (Å²) in [6.07, 6.45) is 7.23. The highest BCUT2D eigenvalue weighted by Gasteiger charge is 2.29. The molecule has 18 heavy (non-hydrogen) atoms. The van der Waals surface area contributed by atoms with Crippen LogP contribution in [0.1, 0.15) is 42.5 Å². The molecule has 3 nitrogen and oxygen atoms in total. The van der Waals surface area contributed by atoms with Gasteiger partial charge in [0.05, 0.1) is 5.56 Å². The van der Waals surface area contributed by atoms with Gasteiger partial charge in [-0.25, -0.2) is 4.98 Å². The fourth-order valence-electron chi connectivity index (χ4n) is 2.71. The van der Waals surface area contributed by atoms with Gasteiger partial charge in [-0.05, 0) is 50.2 Å². The van der Waals surface area contributed by atoms with Crippen molar-refractivity contribution in [2.24, 2.45) is 5.73 Å². The predicted molar refractivity (Wildman–Crippen MR) is 78.2 cm³/mol. The Hall–Kier alpha value is -1.16. The Balaban J connectivity index is 2.06. The van der Waals surface area contributed by atoms with E-state index in [9.17, 15) is 0 Å². The third kappa shape index (κ3) is 2.09. The molecule has 0 aromatic carbocycles. The van der Waals surface area contributed by atoms with Crippen molar-refractivity contribution in [3.8, 4) is 0 Å². The average Bonchev–Trinajstić information content (AvgIpc) is 3.20. The lowest BCUT2D eigenvalue weighted by Gasteiger charge is -2.24. The van der Waals surface area contributed by atoms with Crippen molar-refractivity contribution < 1.29 is 0 Å². The lowest BCUT2D eigenvalue weighted by Crippen LogP contribution is -2.26. The van der Waals surface area contributed by atoms with Crippen LogP contribution in [-0.2, 0) is 12.8 Å². The maximum Gasteiger partial charge on any atom is 0.139 e. The first kappa shape index (κ1) is 11.9. The van der Waals surface area contributed by atoms with E-state index in [1.165, 1.54) is 36.9 Å². The number of fused-ring (bicyclic) bond motifs is 1. The number of anilines is 1. The Bertz CT molecular complexity index is 494. The molecule has 0 amide bonds. The maximum atomic E-state index is 5.87. The van der Waals surface area contributed by atoms with Crippen molar-refractivity contribution in [1.82, 2.24) is 4.98 Å². The van der Waals surface area contributed by atoms with Gasteiger partial charge in [0.25, 0.3) is 0 Å². The number of rotatable bonds is 3. The minimum atomic E-state index is 0.471. The van der Waals surface area contributed by atoms with Crippen molar-refractivity contribution >= 4 is 23.0 Å². The third-order valence-electron chi connectivity index (χ3n) is 3.97. The van der Waals surface area contributed by atoms with E-state index in [1.54, 1.807) is 0 Å². The van der Waals surface area contributed by atoms with E-state index < -0.39 is 0 Å². The largest absolute Gasteiger partial charge is 0.389 e. The lowest BCUT2D eigenvalue weighted by molar-refractivity contribution is 0.665. The molecule has 1 saturated carbocycles. The molecule has 0 radical (unpaired) electrons. The van der Waals surface area contributed by atoms with Crippen LogP contribution >= 0.6 is 12.2 Å². The van der Waals surface area contributed by atoms with Gasteiger partial charge in [0.15, 0.2) is 0 Å². The molecule has 2 N–H and O–H groups in total. The second-order valence-electron chi connectivity index (χ2n) is 5.38. The van der Waals surface area contributed by atoms with Crippen molar-refractivity contribution in [3.63, 3.8) is 0 Å². The molecule has 1 fully saturated rings. The van der Waals surface area contributed by atoms with Crippen molar-refractivity contribution in [2.75, 3.05) is 11.9 Å². The molecular weight excluding hydrogens is 242 g/mol. The number of hydrogen-bond acceptors (Lipinski definition) is 3. The Kier molecular flexibility index (Phi) is 2.98. The molecule has 0 aliphatic heterocycles. The predicted octanol–water partition coefficient (Wildman–Crippen LogP) is 2.19. The van der Waals surface area contributed by atoms with E-state index in [1.807, 2.05) is 0 Å². The van der Waals surface area contributed by atoms with E-state index in [2.05, 4.69) is 18.0 Å². The lowest BCUT2D eigenvalue weighted by atomic mass is 9.94. The maximum absolute atomic E-state index is 5.87. The highest BCUT2D eigenvalue weighted by Crippen LogP contribution is 2.33. The number of hydrogen-bond donors (Lipinski definition) is 1. The van der Waals surface area contributed by atoms with E-state index in [-0.39, 0.29) is 0 Å². The molecule has 0 atom stereocenters. The number of aryl methyl sites for hydroxylation is 2. The Morgan fingerprint density at radius 2 is 2.11 bits per heavy atom. The molecule has 4 heteroatoms. The molecule has 0 saturated heterocycles. The number of thiocarbonyl (C=S) groups is 1. The second kappa shape index (κ2) is 4.50. The summed E-state index contributed by atoms with van der Waals surface area (Å²) in [6, 6.07) is 2.81. The van der Waals surface area contributed by atoms with Gasteiger partial charge < -0.3 is 10.6 Å². The van der Waals surface area contributed by atoms with Crippen molar-refractivity contribution in [3.05, 3.63) is 22.9 Å². The van der Waals surface area contributed by atoms with Crippen LogP contribution in [0, 0.1) is 0 Å². The van der Waals surface area contributed by atoms with Gasteiger partial charge in [-0.1, -0.05) is 12.2 Å². The molecule has 0 unspecified atom stereocenters. The number of nitrogens with zero attached hydrogens (tertiary/aromatic N) is 2. The zero-order valence-corrected chi connectivity index (χ0v) is 11.6. The first-order valence-corrected chi connectivity index (χ1v) is 7.13. The summed E-state index contributed by atoms with van der Waals surface area (Å²) in [5.41, 5.74) is 9.43. The van der Waals surface area contributed by atoms with Crippen LogP contribution in [0.15, 0.2) is 6.07 Å². The zero-order chi connectivity index (χ0) is 12.7. The van der Waals surface area contributed by atoms with E-state index in [0.29, 0.717) is 11.0 Å².